The van der Waals surface area contributed by atoms with Gasteiger partial charge in [-0.3, -0.25) is 4.18 Å². The third kappa shape index (κ3) is 7.58. The summed E-state index contributed by atoms with van der Waals surface area (Å²) in [6, 6.07) is 0. The van der Waals surface area contributed by atoms with Gasteiger partial charge in [-0.15, -0.1) is 0 Å². The smallest absolute Gasteiger partial charge is 0.373 e. The number of unbranched alkanes of at least 4 members (excludes halogenated alkanes) is 3. The first kappa shape index (κ1) is 31.0. The van der Waals surface area contributed by atoms with Crippen molar-refractivity contribution in [1.29, 1.82) is 0 Å². The van der Waals surface area contributed by atoms with E-state index in [0.29, 0.717) is 38.7 Å². The van der Waals surface area contributed by atoms with E-state index in [9.17, 15) is 21.6 Å². The van der Waals surface area contributed by atoms with Crippen LogP contribution in [0.5, 0.6) is 0 Å². The Morgan fingerprint density at radius 1 is 0.730 bits per heavy atom. The van der Waals surface area contributed by atoms with E-state index in [-0.39, 0.29) is 13.2 Å². The second-order valence-corrected chi connectivity index (χ2v) is 11.7. The molecule has 218 valence electrons. The zero-order valence-corrected chi connectivity index (χ0v) is 23.0. The zero-order chi connectivity index (χ0) is 27.1. The molecule has 3 unspecified atom stereocenters. The average Bonchev–Trinajstić information content (AvgIpc) is 3.20. The highest BCUT2D eigenvalue weighted by molar-refractivity contribution is 7.87. The predicted molar refractivity (Wildman–Crippen MR) is 129 cm³/mol. The topological polar surface area (TPSA) is 89.5 Å². The normalized spacial score (nSPS) is 32.1. The molecule has 1 spiro atoms. The van der Waals surface area contributed by atoms with Crippen LogP contribution in [0.25, 0.3) is 0 Å². The average molecular weight is 561 g/mol. The maximum atomic E-state index is 13.5. The lowest BCUT2D eigenvalue weighted by molar-refractivity contribution is -0.227. The SMILES string of the molecule is CCCCOC1C2OC3(CCCCC3)O[C@@H]2C(OCCCC)[C@H](OCCCC)[C@@H]1OS(=O)(=O)C(F)(F)F. The molecule has 3 fully saturated rings. The molecule has 0 amide bonds. The molecular formula is C25H43F3O8S. The molecule has 1 aliphatic heterocycles. The standard InChI is InChI=1S/C25H43F3O8S/c1-4-7-15-31-18-19(32-16-8-5-2)23(36-37(29,30)25(26,27)28)20(33-17-9-6-3)22-21(18)34-24(35-22)13-11-10-12-14-24/h18-23H,4-17H2,1-3H3/t18?,19-,20?,21+,22?,23-/m0/s1. The van der Waals surface area contributed by atoms with Crippen LogP contribution < -0.4 is 0 Å². The number of alkyl halides is 3. The predicted octanol–water partition coefficient (Wildman–Crippen LogP) is 5.24. The largest absolute Gasteiger partial charge is 0.523 e. The van der Waals surface area contributed by atoms with Crippen molar-refractivity contribution in [1.82, 2.24) is 0 Å². The minimum absolute atomic E-state index is 0.200. The van der Waals surface area contributed by atoms with Crippen molar-refractivity contribution in [2.75, 3.05) is 19.8 Å². The first-order valence-electron chi connectivity index (χ1n) is 13.8. The van der Waals surface area contributed by atoms with Gasteiger partial charge < -0.3 is 23.7 Å². The quantitative estimate of drug-likeness (QED) is 0.162. The molecule has 37 heavy (non-hydrogen) atoms. The summed E-state index contributed by atoms with van der Waals surface area (Å²) in [4.78, 5) is 0. The van der Waals surface area contributed by atoms with Crippen LogP contribution in [0.15, 0.2) is 0 Å². The van der Waals surface area contributed by atoms with E-state index in [4.69, 9.17) is 27.9 Å². The number of ether oxygens (including phenoxy) is 5. The second-order valence-electron chi connectivity index (χ2n) is 10.2. The van der Waals surface area contributed by atoms with Crippen LogP contribution >= 0.6 is 0 Å². The van der Waals surface area contributed by atoms with Crippen molar-refractivity contribution in [3.63, 3.8) is 0 Å². The molecule has 1 saturated heterocycles. The van der Waals surface area contributed by atoms with Crippen LogP contribution in [-0.2, 0) is 38.0 Å². The lowest BCUT2D eigenvalue weighted by Crippen LogP contribution is -2.66. The Morgan fingerprint density at radius 3 is 1.59 bits per heavy atom. The number of fused-ring (bicyclic) bond motifs is 1. The molecule has 1 heterocycles. The molecule has 0 radical (unpaired) electrons. The van der Waals surface area contributed by atoms with Gasteiger partial charge in [-0.05, 0) is 32.1 Å². The minimum atomic E-state index is -5.95. The Hall–Kier alpha value is -0.500. The molecule has 0 aromatic heterocycles. The minimum Gasteiger partial charge on any atom is -0.373 e. The third-order valence-electron chi connectivity index (χ3n) is 7.21. The summed E-state index contributed by atoms with van der Waals surface area (Å²) in [7, 11) is -5.95. The molecule has 2 saturated carbocycles. The highest BCUT2D eigenvalue weighted by Gasteiger charge is 2.64. The summed E-state index contributed by atoms with van der Waals surface area (Å²) in [5.41, 5.74) is -5.60. The molecule has 0 aromatic carbocycles. The van der Waals surface area contributed by atoms with Crippen molar-refractivity contribution in [3.8, 4) is 0 Å². The molecule has 12 heteroatoms. The van der Waals surface area contributed by atoms with Crippen LogP contribution in [0.4, 0.5) is 13.2 Å². The highest BCUT2D eigenvalue weighted by Crippen LogP contribution is 2.48. The van der Waals surface area contributed by atoms with Gasteiger partial charge in [-0.25, -0.2) is 0 Å². The van der Waals surface area contributed by atoms with Crippen molar-refractivity contribution in [2.24, 2.45) is 0 Å². The van der Waals surface area contributed by atoms with E-state index in [1.165, 1.54) is 0 Å². The van der Waals surface area contributed by atoms with Crippen molar-refractivity contribution >= 4 is 10.1 Å². The zero-order valence-electron chi connectivity index (χ0n) is 22.2. The highest BCUT2D eigenvalue weighted by atomic mass is 32.2. The monoisotopic (exact) mass is 560 g/mol. The van der Waals surface area contributed by atoms with Crippen molar-refractivity contribution < 1.29 is 49.5 Å². The molecule has 3 aliphatic rings. The van der Waals surface area contributed by atoms with Gasteiger partial charge >= 0.3 is 15.6 Å². The molecule has 0 N–H and O–H groups in total. The van der Waals surface area contributed by atoms with Gasteiger partial charge in [-0.1, -0.05) is 46.5 Å². The summed E-state index contributed by atoms with van der Waals surface area (Å²) in [5.74, 6) is -0.905. The van der Waals surface area contributed by atoms with Crippen LogP contribution in [-0.4, -0.2) is 76.2 Å². The molecule has 6 atom stereocenters. The van der Waals surface area contributed by atoms with Gasteiger partial charge in [0.05, 0.1) is 0 Å². The first-order chi connectivity index (χ1) is 17.6. The fourth-order valence-electron chi connectivity index (χ4n) is 5.21. The van der Waals surface area contributed by atoms with E-state index < -0.39 is 58.0 Å². The van der Waals surface area contributed by atoms with Gasteiger partial charge in [0, 0.05) is 32.7 Å². The van der Waals surface area contributed by atoms with Gasteiger partial charge in [0.25, 0.3) is 0 Å². The summed E-state index contributed by atoms with van der Waals surface area (Å²) < 4.78 is 101. The summed E-state index contributed by atoms with van der Waals surface area (Å²) in [6.07, 6.45) is 2.13. The second kappa shape index (κ2) is 13.7. The summed E-state index contributed by atoms with van der Waals surface area (Å²) >= 11 is 0. The number of halogens is 3. The number of hydrogen-bond acceptors (Lipinski definition) is 8. The van der Waals surface area contributed by atoms with Gasteiger partial charge in [0.2, 0.25) is 0 Å². The Bertz CT molecular complexity index is 787. The molecular weight excluding hydrogens is 517 g/mol. The first-order valence-corrected chi connectivity index (χ1v) is 15.2. The van der Waals surface area contributed by atoms with Crippen LogP contribution in [0.1, 0.15) is 91.4 Å². The van der Waals surface area contributed by atoms with Gasteiger partial charge in [-0.2, -0.15) is 21.6 Å². The third-order valence-corrected chi connectivity index (χ3v) is 8.25. The summed E-state index contributed by atoms with van der Waals surface area (Å²) in [5, 5.41) is 0. The molecule has 0 aromatic rings. The number of hydrogen-bond donors (Lipinski definition) is 0. The molecule has 2 aliphatic carbocycles. The molecule has 0 bridgehead atoms. The van der Waals surface area contributed by atoms with E-state index in [1.807, 2.05) is 20.8 Å². The fourth-order valence-corrected chi connectivity index (χ4v) is 5.83. The van der Waals surface area contributed by atoms with Crippen molar-refractivity contribution in [2.45, 2.75) is 139 Å². The van der Waals surface area contributed by atoms with E-state index >= 15 is 0 Å². The molecule has 3 rings (SSSR count). The Balaban J connectivity index is 2.02. The maximum Gasteiger partial charge on any atom is 0.523 e. The van der Waals surface area contributed by atoms with Gasteiger partial charge in [0.1, 0.15) is 36.6 Å². The van der Waals surface area contributed by atoms with Crippen LogP contribution in [0.2, 0.25) is 0 Å². The Kier molecular flexibility index (Phi) is 11.5. The van der Waals surface area contributed by atoms with Crippen molar-refractivity contribution in [3.05, 3.63) is 0 Å². The fraction of sp³-hybridized carbons (Fsp3) is 1.00. The van der Waals surface area contributed by atoms with Gasteiger partial charge in [0.15, 0.2) is 5.79 Å². The van der Waals surface area contributed by atoms with E-state index in [0.717, 1.165) is 38.5 Å². The van der Waals surface area contributed by atoms with Crippen LogP contribution in [0, 0.1) is 0 Å². The Labute approximate surface area is 218 Å². The lowest BCUT2D eigenvalue weighted by atomic mass is 9.84. The maximum absolute atomic E-state index is 13.5. The van der Waals surface area contributed by atoms with Crippen LogP contribution in [0.3, 0.4) is 0 Å². The molecule has 8 nitrogen and oxygen atoms in total. The van der Waals surface area contributed by atoms with E-state index in [1.54, 1.807) is 0 Å². The summed E-state index contributed by atoms with van der Waals surface area (Å²) in [6.45, 7) is 6.62. The lowest BCUT2D eigenvalue weighted by Gasteiger charge is -2.46. The number of rotatable bonds is 14. The van der Waals surface area contributed by atoms with E-state index in [2.05, 4.69) is 0 Å². The Morgan fingerprint density at radius 2 is 1.16 bits per heavy atom.